The van der Waals surface area contributed by atoms with Gasteiger partial charge in [0.15, 0.2) is 5.76 Å². The van der Waals surface area contributed by atoms with E-state index in [0.717, 1.165) is 36.7 Å². The minimum atomic E-state index is 0.427. The summed E-state index contributed by atoms with van der Waals surface area (Å²) in [7, 11) is 0. The Hall–Kier alpha value is -1.13. The van der Waals surface area contributed by atoms with Crippen molar-refractivity contribution in [3.63, 3.8) is 0 Å². The van der Waals surface area contributed by atoms with Crippen molar-refractivity contribution >= 4 is 0 Å². The quantitative estimate of drug-likeness (QED) is 0.722. The molecular formula is C11H19N3O. The van der Waals surface area contributed by atoms with Gasteiger partial charge < -0.3 is 10.3 Å². The van der Waals surface area contributed by atoms with Gasteiger partial charge in [-0.3, -0.25) is 4.90 Å². The van der Waals surface area contributed by atoms with Crippen molar-refractivity contribution in [3.8, 4) is 0 Å². The fraction of sp³-hybridized carbons (Fsp3) is 0.545. The van der Waals surface area contributed by atoms with Crippen LogP contribution in [0.25, 0.3) is 0 Å². The van der Waals surface area contributed by atoms with Crippen LogP contribution in [0.2, 0.25) is 0 Å². The summed E-state index contributed by atoms with van der Waals surface area (Å²) in [4.78, 5) is 2.24. The van der Waals surface area contributed by atoms with Crippen LogP contribution in [-0.4, -0.2) is 23.1 Å². The van der Waals surface area contributed by atoms with E-state index in [4.69, 9.17) is 10.3 Å². The van der Waals surface area contributed by atoms with E-state index in [2.05, 4.69) is 23.6 Å². The summed E-state index contributed by atoms with van der Waals surface area (Å²) < 4.78 is 5.17. The van der Waals surface area contributed by atoms with Crippen molar-refractivity contribution < 1.29 is 4.52 Å². The lowest BCUT2D eigenvalue weighted by Gasteiger charge is -2.18. The van der Waals surface area contributed by atoms with E-state index >= 15 is 0 Å². The number of hydrogen-bond acceptors (Lipinski definition) is 4. The first-order valence-corrected chi connectivity index (χ1v) is 5.17. The van der Waals surface area contributed by atoms with Crippen molar-refractivity contribution in [1.29, 1.82) is 0 Å². The van der Waals surface area contributed by atoms with Gasteiger partial charge in [0.1, 0.15) is 0 Å². The number of hydrogen-bond donors (Lipinski definition) is 1. The zero-order chi connectivity index (χ0) is 11.3. The highest BCUT2D eigenvalue weighted by Gasteiger charge is 2.08. The molecular weight excluding hydrogens is 190 g/mol. The molecule has 4 nitrogen and oxygen atoms in total. The third-order valence-electron chi connectivity index (χ3n) is 2.14. The maximum Gasteiger partial charge on any atom is 0.151 e. The predicted molar refractivity (Wildman–Crippen MR) is 60.2 cm³/mol. The molecule has 1 heterocycles. The smallest absolute Gasteiger partial charge is 0.151 e. The van der Waals surface area contributed by atoms with E-state index in [1.807, 2.05) is 13.0 Å². The lowest BCUT2D eigenvalue weighted by atomic mass is 10.3. The third-order valence-corrected chi connectivity index (χ3v) is 2.14. The molecule has 0 saturated carbocycles. The molecule has 0 bridgehead atoms. The van der Waals surface area contributed by atoms with Gasteiger partial charge in [0.05, 0.1) is 12.2 Å². The van der Waals surface area contributed by atoms with Gasteiger partial charge in [0, 0.05) is 19.2 Å². The molecule has 1 rings (SSSR count). The van der Waals surface area contributed by atoms with Gasteiger partial charge in [-0.1, -0.05) is 24.2 Å². The van der Waals surface area contributed by atoms with E-state index < -0.39 is 0 Å². The second-order valence-corrected chi connectivity index (χ2v) is 3.75. The Morgan fingerprint density at radius 1 is 1.67 bits per heavy atom. The Kier molecular flexibility index (Phi) is 4.52. The molecule has 0 atom stereocenters. The zero-order valence-corrected chi connectivity index (χ0v) is 9.49. The maximum atomic E-state index is 5.46. The Balaban J connectivity index is 2.54. The van der Waals surface area contributed by atoms with E-state index in [1.54, 1.807) is 0 Å². The predicted octanol–water partition coefficient (Wildman–Crippen LogP) is 1.53. The van der Waals surface area contributed by atoms with Gasteiger partial charge in [0.25, 0.3) is 0 Å². The molecule has 0 aliphatic carbocycles. The summed E-state index contributed by atoms with van der Waals surface area (Å²) in [5, 5.41) is 3.85. The van der Waals surface area contributed by atoms with E-state index in [9.17, 15) is 0 Å². The summed E-state index contributed by atoms with van der Waals surface area (Å²) in [6, 6.07) is 1.90. The van der Waals surface area contributed by atoms with E-state index in [1.165, 1.54) is 0 Å². The highest BCUT2D eigenvalue weighted by Crippen LogP contribution is 2.08. The molecule has 0 aromatic carbocycles. The Bertz CT molecular complexity index is 319. The molecule has 0 saturated heterocycles. The van der Waals surface area contributed by atoms with Gasteiger partial charge in [-0.2, -0.15) is 0 Å². The van der Waals surface area contributed by atoms with E-state index in [0.29, 0.717) is 6.54 Å². The van der Waals surface area contributed by atoms with Crippen molar-refractivity contribution in [2.75, 3.05) is 13.1 Å². The highest BCUT2D eigenvalue weighted by atomic mass is 16.5. The molecule has 0 amide bonds. The minimum Gasteiger partial charge on any atom is -0.360 e. The summed E-state index contributed by atoms with van der Waals surface area (Å²) in [5.74, 6) is 0.860. The molecule has 0 aliphatic heterocycles. The first-order chi connectivity index (χ1) is 7.15. The normalized spacial score (nSPS) is 10.9. The Morgan fingerprint density at radius 3 is 2.87 bits per heavy atom. The van der Waals surface area contributed by atoms with Crippen LogP contribution in [0.1, 0.15) is 25.3 Å². The molecule has 4 heteroatoms. The van der Waals surface area contributed by atoms with Crippen LogP contribution in [-0.2, 0) is 13.1 Å². The second kappa shape index (κ2) is 5.68. The SMILES string of the molecule is C=C(C)CN(CC)Cc1cc(CN)no1. The van der Waals surface area contributed by atoms with Gasteiger partial charge in [-0.25, -0.2) is 0 Å². The molecule has 1 aromatic rings. The number of rotatable bonds is 6. The first-order valence-electron chi connectivity index (χ1n) is 5.17. The van der Waals surface area contributed by atoms with Gasteiger partial charge in [-0.05, 0) is 13.5 Å². The molecule has 0 spiro atoms. The summed E-state index contributed by atoms with van der Waals surface area (Å²) in [5.41, 5.74) is 7.41. The Morgan fingerprint density at radius 2 is 2.40 bits per heavy atom. The molecule has 0 aliphatic rings. The van der Waals surface area contributed by atoms with Crippen LogP contribution in [0.15, 0.2) is 22.7 Å². The standard InChI is InChI=1S/C11H19N3O/c1-4-14(7-9(2)3)8-11-5-10(6-12)13-15-11/h5H,2,4,6-8,12H2,1,3H3. The number of aromatic nitrogens is 1. The van der Waals surface area contributed by atoms with Crippen LogP contribution in [0.4, 0.5) is 0 Å². The largest absolute Gasteiger partial charge is 0.360 e. The molecule has 0 unspecified atom stereocenters. The first kappa shape index (κ1) is 11.9. The summed E-state index contributed by atoms with van der Waals surface area (Å²) in [6.07, 6.45) is 0. The lowest BCUT2D eigenvalue weighted by molar-refractivity contribution is 0.257. The molecule has 0 fully saturated rings. The lowest BCUT2D eigenvalue weighted by Crippen LogP contribution is -2.24. The molecule has 15 heavy (non-hydrogen) atoms. The molecule has 1 aromatic heterocycles. The average molecular weight is 209 g/mol. The van der Waals surface area contributed by atoms with Crippen molar-refractivity contribution in [2.45, 2.75) is 26.9 Å². The second-order valence-electron chi connectivity index (χ2n) is 3.75. The third kappa shape index (κ3) is 3.85. The van der Waals surface area contributed by atoms with Crippen LogP contribution >= 0.6 is 0 Å². The fourth-order valence-corrected chi connectivity index (χ4v) is 1.41. The average Bonchev–Trinajstić information content (AvgIpc) is 2.64. The minimum absolute atomic E-state index is 0.427. The van der Waals surface area contributed by atoms with Crippen LogP contribution in [0.5, 0.6) is 0 Å². The van der Waals surface area contributed by atoms with Gasteiger partial charge >= 0.3 is 0 Å². The van der Waals surface area contributed by atoms with Gasteiger partial charge in [0.2, 0.25) is 0 Å². The monoisotopic (exact) mass is 209 g/mol. The molecule has 84 valence electrons. The fourth-order valence-electron chi connectivity index (χ4n) is 1.41. The number of nitrogens with two attached hydrogens (primary N) is 1. The number of nitrogens with zero attached hydrogens (tertiary/aromatic N) is 2. The van der Waals surface area contributed by atoms with Crippen molar-refractivity contribution in [2.24, 2.45) is 5.73 Å². The molecule has 2 N–H and O–H groups in total. The number of likely N-dealkylation sites (N-methyl/N-ethyl adjacent to an activating group) is 1. The zero-order valence-electron chi connectivity index (χ0n) is 9.49. The van der Waals surface area contributed by atoms with Crippen molar-refractivity contribution in [3.05, 3.63) is 29.7 Å². The molecule has 0 radical (unpaired) electrons. The maximum absolute atomic E-state index is 5.46. The van der Waals surface area contributed by atoms with Crippen molar-refractivity contribution in [1.82, 2.24) is 10.1 Å². The highest BCUT2D eigenvalue weighted by molar-refractivity contribution is 5.05. The van der Waals surface area contributed by atoms with Crippen LogP contribution < -0.4 is 5.73 Å². The summed E-state index contributed by atoms with van der Waals surface area (Å²) in [6.45, 7) is 11.1. The van der Waals surface area contributed by atoms with E-state index in [-0.39, 0.29) is 0 Å². The topological polar surface area (TPSA) is 55.3 Å². The van der Waals surface area contributed by atoms with Gasteiger partial charge in [-0.15, -0.1) is 0 Å². The van der Waals surface area contributed by atoms with Crippen LogP contribution in [0.3, 0.4) is 0 Å². The Labute approximate surface area is 90.7 Å². The summed E-state index contributed by atoms with van der Waals surface area (Å²) >= 11 is 0. The van der Waals surface area contributed by atoms with Crippen LogP contribution in [0, 0.1) is 0 Å².